The molecule has 0 atom stereocenters. The maximum Gasteiger partial charge on any atom is 0.271 e. The molecule has 0 spiro atoms. The minimum absolute atomic E-state index is 0.170. The lowest BCUT2D eigenvalue weighted by Gasteiger charge is -2.14. The Morgan fingerprint density at radius 1 is 1.09 bits per heavy atom. The quantitative estimate of drug-likeness (QED) is 0.195. The van der Waals surface area contributed by atoms with Gasteiger partial charge in [0.1, 0.15) is 0 Å². The van der Waals surface area contributed by atoms with Gasteiger partial charge in [-0.25, -0.2) is 5.43 Å². The summed E-state index contributed by atoms with van der Waals surface area (Å²) in [5, 5.41) is 6.88. The van der Waals surface area contributed by atoms with E-state index in [0.29, 0.717) is 22.6 Å². The number of benzene rings is 3. The van der Waals surface area contributed by atoms with Gasteiger partial charge in [-0.05, 0) is 90.0 Å². The Kier molecular flexibility index (Phi) is 9.05. The molecule has 0 aliphatic heterocycles. The molecule has 2 amide bonds. The van der Waals surface area contributed by atoms with Crippen molar-refractivity contribution in [2.45, 2.75) is 13.8 Å². The highest BCUT2D eigenvalue weighted by Crippen LogP contribution is 2.33. The molecule has 0 unspecified atom stereocenters. The van der Waals surface area contributed by atoms with Crippen LogP contribution in [0.3, 0.4) is 0 Å². The average Bonchev–Trinajstić information content (AvgIpc) is 2.80. The van der Waals surface area contributed by atoms with Gasteiger partial charge in [-0.3, -0.25) is 9.59 Å². The lowest BCUT2D eigenvalue weighted by atomic mass is 10.1. The van der Waals surface area contributed by atoms with Gasteiger partial charge >= 0.3 is 0 Å². The summed E-state index contributed by atoms with van der Waals surface area (Å²) in [5.74, 6) is 0.313. The van der Waals surface area contributed by atoms with Gasteiger partial charge in [0.05, 0.1) is 16.9 Å². The van der Waals surface area contributed by atoms with Crippen molar-refractivity contribution >= 4 is 62.2 Å². The monoisotopic (exact) mass is 635 g/mol. The van der Waals surface area contributed by atoms with Gasteiger partial charge in [0.25, 0.3) is 11.8 Å². The predicted molar refractivity (Wildman–Crippen MR) is 145 cm³/mol. The van der Waals surface area contributed by atoms with E-state index in [0.717, 1.165) is 24.9 Å². The number of ether oxygens (including phenoxy) is 2. The first-order valence-electron chi connectivity index (χ1n) is 10.2. The number of anilines is 1. The Labute approximate surface area is 220 Å². The molecule has 0 aliphatic carbocycles. The maximum atomic E-state index is 12.4. The number of hydrogen-bond donors (Lipinski definition) is 2. The van der Waals surface area contributed by atoms with E-state index in [1.54, 1.807) is 30.3 Å². The van der Waals surface area contributed by atoms with Crippen molar-refractivity contribution in [2.75, 3.05) is 19.0 Å². The molecule has 0 fully saturated rings. The Morgan fingerprint density at radius 3 is 2.50 bits per heavy atom. The highest BCUT2D eigenvalue weighted by Gasteiger charge is 2.14. The summed E-state index contributed by atoms with van der Waals surface area (Å²) >= 11 is 5.44. The third kappa shape index (κ3) is 7.04. The maximum absolute atomic E-state index is 12.4. The van der Waals surface area contributed by atoms with Crippen LogP contribution in [0.1, 0.15) is 27.0 Å². The van der Waals surface area contributed by atoms with Crippen molar-refractivity contribution in [3.63, 3.8) is 0 Å². The van der Waals surface area contributed by atoms with Crippen LogP contribution in [0.5, 0.6) is 11.5 Å². The summed E-state index contributed by atoms with van der Waals surface area (Å²) in [6.07, 6.45) is 1.51. The van der Waals surface area contributed by atoms with E-state index in [4.69, 9.17) is 9.47 Å². The molecular formula is C25H23BrIN3O4. The number of halogens is 2. The van der Waals surface area contributed by atoms with Crippen LogP contribution in [0.2, 0.25) is 0 Å². The molecule has 0 saturated carbocycles. The minimum atomic E-state index is -0.319. The molecule has 0 aromatic heterocycles. The molecule has 176 valence electrons. The van der Waals surface area contributed by atoms with Gasteiger partial charge in [-0.2, -0.15) is 5.10 Å². The summed E-state index contributed by atoms with van der Waals surface area (Å²) in [5.41, 5.74) is 6.55. The molecule has 0 radical (unpaired) electrons. The summed E-state index contributed by atoms with van der Waals surface area (Å²) in [6.45, 7) is 3.77. The number of rotatable bonds is 8. The molecule has 3 aromatic carbocycles. The van der Waals surface area contributed by atoms with E-state index in [2.05, 4.69) is 54.4 Å². The van der Waals surface area contributed by atoms with Crippen molar-refractivity contribution in [2.24, 2.45) is 5.10 Å². The van der Waals surface area contributed by atoms with Gasteiger partial charge < -0.3 is 14.8 Å². The number of methoxy groups -OCH3 is 1. The largest absolute Gasteiger partial charge is 0.493 e. The molecule has 0 bridgehead atoms. The van der Waals surface area contributed by atoms with E-state index in [1.807, 2.05) is 38.1 Å². The van der Waals surface area contributed by atoms with Crippen molar-refractivity contribution in [3.05, 3.63) is 84.9 Å². The topological polar surface area (TPSA) is 89.0 Å². The van der Waals surface area contributed by atoms with Gasteiger partial charge in [-0.1, -0.05) is 33.6 Å². The molecular weight excluding hydrogens is 613 g/mol. The van der Waals surface area contributed by atoms with E-state index < -0.39 is 0 Å². The second-order valence-corrected chi connectivity index (χ2v) is 9.47. The second kappa shape index (κ2) is 12.0. The molecule has 0 heterocycles. The summed E-state index contributed by atoms with van der Waals surface area (Å²) in [4.78, 5) is 24.6. The SMILES string of the molecule is COc1cc(/C=N/NC(=O)c2ccc(Br)cc2)cc(I)c1OCC(=O)Nc1ccc(C)cc1C. The number of nitrogens with one attached hydrogen (secondary N) is 2. The summed E-state index contributed by atoms with van der Waals surface area (Å²) in [6, 6.07) is 16.3. The highest BCUT2D eigenvalue weighted by atomic mass is 127. The smallest absolute Gasteiger partial charge is 0.271 e. The summed E-state index contributed by atoms with van der Waals surface area (Å²) < 4.78 is 12.8. The summed E-state index contributed by atoms with van der Waals surface area (Å²) in [7, 11) is 1.52. The average molecular weight is 636 g/mol. The molecule has 3 aromatic rings. The van der Waals surface area contributed by atoms with Crippen molar-refractivity contribution in [1.82, 2.24) is 5.43 Å². The van der Waals surface area contributed by atoms with Crippen LogP contribution >= 0.6 is 38.5 Å². The number of hydrazone groups is 1. The van der Waals surface area contributed by atoms with Crippen molar-refractivity contribution in [1.29, 1.82) is 0 Å². The van der Waals surface area contributed by atoms with Gasteiger partial charge in [-0.15, -0.1) is 0 Å². The Hall–Kier alpha value is -2.92. The number of carbonyl (C=O) groups excluding carboxylic acids is 2. The van der Waals surface area contributed by atoms with Crippen molar-refractivity contribution < 1.29 is 19.1 Å². The first-order chi connectivity index (χ1) is 16.3. The van der Waals surface area contributed by atoms with Crippen LogP contribution in [-0.4, -0.2) is 31.7 Å². The molecule has 3 rings (SSSR count). The van der Waals surface area contributed by atoms with Crippen LogP contribution in [-0.2, 0) is 4.79 Å². The fourth-order valence-electron chi connectivity index (χ4n) is 3.06. The zero-order valence-corrected chi connectivity index (χ0v) is 22.6. The number of nitrogens with zero attached hydrogens (tertiary/aromatic N) is 1. The fraction of sp³-hybridized carbons (Fsp3) is 0.160. The number of amides is 2. The van der Waals surface area contributed by atoms with Crippen molar-refractivity contribution in [3.8, 4) is 11.5 Å². The van der Waals surface area contributed by atoms with E-state index in [-0.39, 0.29) is 18.4 Å². The van der Waals surface area contributed by atoms with Crippen LogP contribution in [0.25, 0.3) is 0 Å². The normalized spacial score (nSPS) is 10.7. The molecule has 9 heteroatoms. The minimum Gasteiger partial charge on any atom is -0.493 e. The Balaban J connectivity index is 1.63. The Morgan fingerprint density at radius 2 is 1.82 bits per heavy atom. The molecule has 34 heavy (non-hydrogen) atoms. The zero-order valence-electron chi connectivity index (χ0n) is 18.8. The van der Waals surface area contributed by atoms with Crippen LogP contribution in [0.15, 0.2) is 64.2 Å². The van der Waals surface area contributed by atoms with Crippen LogP contribution < -0.4 is 20.2 Å². The van der Waals surface area contributed by atoms with Crippen LogP contribution in [0, 0.1) is 17.4 Å². The third-order valence-corrected chi connectivity index (χ3v) is 6.07. The van der Waals surface area contributed by atoms with E-state index >= 15 is 0 Å². The van der Waals surface area contributed by atoms with Gasteiger partial charge in [0, 0.05) is 15.7 Å². The first kappa shape index (κ1) is 25.7. The molecule has 7 nitrogen and oxygen atoms in total. The lowest BCUT2D eigenvalue weighted by Crippen LogP contribution is -2.21. The number of carbonyl (C=O) groups is 2. The Bertz CT molecular complexity index is 1230. The van der Waals surface area contributed by atoms with E-state index in [9.17, 15) is 9.59 Å². The number of aryl methyl sites for hydroxylation is 2. The second-order valence-electron chi connectivity index (χ2n) is 7.40. The molecule has 0 aliphatic rings. The lowest BCUT2D eigenvalue weighted by molar-refractivity contribution is -0.118. The highest BCUT2D eigenvalue weighted by molar-refractivity contribution is 14.1. The van der Waals surface area contributed by atoms with E-state index in [1.165, 1.54) is 13.3 Å². The number of hydrogen-bond acceptors (Lipinski definition) is 5. The third-order valence-electron chi connectivity index (χ3n) is 4.74. The molecule has 2 N–H and O–H groups in total. The first-order valence-corrected chi connectivity index (χ1v) is 12.1. The fourth-order valence-corrected chi connectivity index (χ4v) is 4.11. The van der Waals surface area contributed by atoms with Crippen LogP contribution in [0.4, 0.5) is 5.69 Å². The van der Waals surface area contributed by atoms with Gasteiger partial charge in [0.15, 0.2) is 18.1 Å². The molecule has 0 saturated heterocycles. The van der Waals surface area contributed by atoms with Gasteiger partial charge in [0.2, 0.25) is 0 Å². The predicted octanol–water partition coefficient (Wildman–Crippen LogP) is 5.46. The standard InChI is InChI=1S/C25H23BrIN3O4/c1-15-4-9-21(16(2)10-15)29-23(31)14-34-24-20(27)11-17(12-22(24)33-3)13-28-30-25(32)18-5-7-19(26)8-6-18/h4-13H,14H2,1-3H3,(H,29,31)(H,30,32)/b28-13+. The zero-order chi connectivity index (χ0) is 24.7.